The van der Waals surface area contributed by atoms with E-state index in [1.54, 1.807) is 35.6 Å². The molecular formula is C21H22BrN3OS2. The van der Waals surface area contributed by atoms with Gasteiger partial charge in [0.15, 0.2) is 5.11 Å². The second kappa shape index (κ2) is 8.32. The summed E-state index contributed by atoms with van der Waals surface area (Å²) in [4.78, 5) is 13.6. The number of anilines is 1. The molecule has 0 aliphatic heterocycles. The molecule has 0 saturated carbocycles. The Bertz CT molecular complexity index is 952. The average molecular weight is 476 g/mol. The maximum atomic E-state index is 12.3. The second-order valence-electron chi connectivity index (χ2n) is 8.04. The van der Waals surface area contributed by atoms with E-state index in [0.717, 1.165) is 34.3 Å². The van der Waals surface area contributed by atoms with E-state index >= 15 is 0 Å². The van der Waals surface area contributed by atoms with Crippen LogP contribution in [-0.2, 0) is 12.8 Å². The first-order valence-electron chi connectivity index (χ1n) is 9.11. The number of amides is 1. The number of hydrogen-bond acceptors (Lipinski definition) is 4. The summed E-state index contributed by atoms with van der Waals surface area (Å²) in [5.41, 5.74) is 2.56. The largest absolute Gasteiger partial charge is 0.323 e. The topological polar surface area (TPSA) is 64.9 Å². The monoisotopic (exact) mass is 475 g/mol. The zero-order chi connectivity index (χ0) is 20.5. The zero-order valence-electron chi connectivity index (χ0n) is 16.1. The van der Waals surface area contributed by atoms with Gasteiger partial charge < -0.3 is 5.32 Å². The van der Waals surface area contributed by atoms with Crippen LogP contribution in [0.15, 0.2) is 28.7 Å². The number of hydrogen-bond donors (Lipinski definition) is 2. The average Bonchev–Trinajstić information content (AvgIpc) is 2.97. The standard InChI is InChI=1S/C21H22BrN3OS2/c1-21(2,3)13-6-9-15-16(11-23)19(28-17(15)10-13)25-20(27)24-18(26)12-4-7-14(22)8-5-12/h4-5,7-8,13H,6,9-10H2,1-3H3,(H2,24,25,26,27)/t13-/m1/s1. The molecule has 1 atom stereocenters. The van der Waals surface area contributed by atoms with Crippen LogP contribution in [0.5, 0.6) is 0 Å². The minimum atomic E-state index is -0.280. The van der Waals surface area contributed by atoms with Gasteiger partial charge in [0.2, 0.25) is 0 Å². The molecule has 0 fully saturated rings. The lowest BCUT2D eigenvalue weighted by atomic mass is 9.72. The molecule has 0 bridgehead atoms. The number of nitrogens with one attached hydrogen (secondary N) is 2. The molecule has 1 aliphatic rings. The van der Waals surface area contributed by atoms with Gasteiger partial charge in [-0.05, 0) is 72.6 Å². The molecule has 0 radical (unpaired) electrons. The molecule has 2 N–H and O–H groups in total. The van der Waals surface area contributed by atoms with Crippen molar-refractivity contribution < 1.29 is 4.79 Å². The van der Waals surface area contributed by atoms with Gasteiger partial charge in [0.1, 0.15) is 11.1 Å². The fraction of sp³-hybridized carbons (Fsp3) is 0.381. The molecule has 4 nitrogen and oxygen atoms in total. The van der Waals surface area contributed by atoms with Gasteiger partial charge in [-0.15, -0.1) is 11.3 Å². The maximum absolute atomic E-state index is 12.3. The molecule has 1 aliphatic carbocycles. The van der Waals surface area contributed by atoms with Gasteiger partial charge in [-0.1, -0.05) is 36.7 Å². The lowest BCUT2D eigenvalue weighted by Crippen LogP contribution is -2.34. The highest BCUT2D eigenvalue weighted by Crippen LogP contribution is 2.43. The number of carbonyl (C=O) groups excluding carboxylic acids is 1. The molecule has 7 heteroatoms. The fourth-order valence-corrected chi connectivity index (χ4v) is 5.25. The molecule has 146 valence electrons. The summed E-state index contributed by atoms with van der Waals surface area (Å²) in [6.45, 7) is 6.81. The highest BCUT2D eigenvalue weighted by Gasteiger charge is 2.32. The van der Waals surface area contributed by atoms with E-state index in [-0.39, 0.29) is 16.4 Å². The molecule has 0 saturated heterocycles. The van der Waals surface area contributed by atoms with Gasteiger partial charge in [-0.25, -0.2) is 0 Å². The van der Waals surface area contributed by atoms with Crippen molar-refractivity contribution in [1.29, 1.82) is 5.26 Å². The Morgan fingerprint density at radius 2 is 2.00 bits per heavy atom. The van der Waals surface area contributed by atoms with E-state index in [1.807, 2.05) is 0 Å². The van der Waals surface area contributed by atoms with Crippen LogP contribution < -0.4 is 10.6 Å². The van der Waals surface area contributed by atoms with Gasteiger partial charge >= 0.3 is 0 Å². The van der Waals surface area contributed by atoms with Crippen LogP contribution in [0.25, 0.3) is 0 Å². The van der Waals surface area contributed by atoms with Crippen molar-refractivity contribution in [2.24, 2.45) is 11.3 Å². The summed E-state index contributed by atoms with van der Waals surface area (Å²) in [6, 6.07) is 9.37. The Kier molecular flexibility index (Phi) is 6.23. The molecule has 1 amide bonds. The van der Waals surface area contributed by atoms with Crippen molar-refractivity contribution >= 4 is 55.5 Å². The van der Waals surface area contributed by atoms with Crippen molar-refractivity contribution in [3.8, 4) is 6.07 Å². The summed E-state index contributed by atoms with van der Waals surface area (Å²) >= 11 is 10.2. The van der Waals surface area contributed by atoms with Crippen LogP contribution in [0.3, 0.4) is 0 Å². The molecule has 1 aromatic heterocycles. The van der Waals surface area contributed by atoms with Crippen LogP contribution >= 0.6 is 39.5 Å². The van der Waals surface area contributed by atoms with Gasteiger partial charge in [0, 0.05) is 14.9 Å². The fourth-order valence-electron chi connectivity index (χ4n) is 3.44. The summed E-state index contributed by atoms with van der Waals surface area (Å²) in [5.74, 6) is 0.319. The third-order valence-corrected chi connectivity index (χ3v) is 7.06. The number of thiophene rings is 1. The SMILES string of the molecule is CC(C)(C)[C@@H]1CCc2c(sc(NC(=S)NC(=O)c3ccc(Br)cc3)c2C#N)C1. The lowest BCUT2D eigenvalue weighted by Gasteiger charge is -2.33. The number of rotatable bonds is 2. The van der Waals surface area contributed by atoms with E-state index in [4.69, 9.17) is 12.2 Å². The number of nitrogens with zero attached hydrogens (tertiary/aromatic N) is 1. The van der Waals surface area contributed by atoms with E-state index in [0.29, 0.717) is 17.0 Å². The summed E-state index contributed by atoms with van der Waals surface area (Å²) < 4.78 is 0.904. The number of fused-ring (bicyclic) bond motifs is 1. The maximum Gasteiger partial charge on any atom is 0.257 e. The zero-order valence-corrected chi connectivity index (χ0v) is 19.3. The molecule has 3 rings (SSSR count). The summed E-state index contributed by atoms with van der Waals surface area (Å²) in [6.07, 6.45) is 2.99. The number of benzene rings is 1. The first-order chi connectivity index (χ1) is 13.2. The van der Waals surface area contributed by atoms with Crippen LogP contribution in [0, 0.1) is 22.7 Å². The van der Waals surface area contributed by atoms with Crippen LogP contribution in [0.4, 0.5) is 5.00 Å². The third kappa shape index (κ3) is 4.62. The summed E-state index contributed by atoms with van der Waals surface area (Å²) in [7, 11) is 0. The van der Waals surface area contributed by atoms with Gasteiger partial charge in [-0.3, -0.25) is 10.1 Å². The summed E-state index contributed by atoms with van der Waals surface area (Å²) in [5, 5.41) is 16.4. The number of nitriles is 1. The van der Waals surface area contributed by atoms with E-state index < -0.39 is 0 Å². The van der Waals surface area contributed by atoms with Crippen molar-refractivity contribution in [1.82, 2.24) is 5.32 Å². The lowest BCUT2D eigenvalue weighted by molar-refractivity contribution is 0.0977. The molecule has 2 aromatic rings. The molecule has 0 spiro atoms. The minimum Gasteiger partial charge on any atom is -0.323 e. The van der Waals surface area contributed by atoms with Crippen LogP contribution in [0.2, 0.25) is 0 Å². The Balaban J connectivity index is 1.73. The highest BCUT2D eigenvalue weighted by atomic mass is 79.9. The van der Waals surface area contributed by atoms with Gasteiger partial charge in [0.05, 0.1) is 5.56 Å². The predicted molar refractivity (Wildman–Crippen MR) is 122 cm³/mol. The van der Waals surface area contributed by atoms with Gasteiger partial charge in [0.25, 0.3) is 5.91 Å². The number of halogens is 1. The first kappa shape index (κ1) is 21.0. The predicted octanol–water partition coefficient (Wildman–Crippen LogP) is 5.66. The molecule has 1 aromatic carbocycles. The second-order valence-corrected chi connectivity index (χ2v) is 10.5. The Morgan fingerprint density at radius 1 is 1.32 bits per heavy atom. The molecular weight excluding hydrogens is 454 g/mol. The molecule has 0 unspecified atom stereocenters. The van der Waals surface area contributed by atoms with Crippen LogP contribution in [0.1, 0.15) is 53.6 Å². The first-order valence-corrected chi connectivity index (χ1v) is 11.1. The van der Waals surface area contributed by atoms with Crippen molar-refractivity contribution in [2.45, 2.75) is 40.0 Å². The number of carbonyl (C=O) groups is 1. The van der Waals surface area contributed by atoms with E-state index in [1.165, 1.54) is 4.88 Å². The third-order valence-electron chi connectivity index (χ3n) is 5.16. The van der Waals surface area contributed by atoms with Crippen molar-refractivity contribution in [3.05, 3.63) is 50.3 Å². The Labute approximate surface area is 183 Å². The normalized spacial score (nSPS) is 16.0. The Morgan fingerprint density at radius 3 is 2.61 bits per heavy atom. The highest BCUT2D eigenvalue weighted by molar-refractivity contribution is 9.10. The smallest absolute Gasteiger partial charge is 0.257 e. The molecule has 28 heavy (non-hydrogen) atoms. The van der Waals surface area contributed by atoms with E-state index in [2.05, 4.69) is 53.4 Å². The minimum absolute atomic E-state index is 0.204. The van der Waals surface area contributed by atoms with E-state index in [9.17, 15) is 10.1 Å². The number of thiocarbonyl (C=S) groups is 1. The van der Waals surface area contributed by atoms with Gasteiger partial charge in [-0.2, -0.15) is 5.26 Å². The van der Waals surface area contributed by atoms with Crippen LogP contribution in [-0.4, -0.2) is 11.0 Å². The van der Waals surface area contributed by atoms with Crippen molar-refractivity contribution in [2.75, 3.05) is 5.32 Å². The quantitative estimate of drug-likeness (QED) is 0.549. The Hall–Kier alpha value is -1.75. The molecule has 1 heterocycles. The van der Waals surface area contributed by atoms with Crippen molar-refractivity contribution in [3.63, 3.8) is 0 Å².